The molecule has 2 rings (SSSR count). The largest absolute Gasteiger partial charge is 0.481 e. The predicted molar refractivity (Wildman–Crippen MR) is 93.5 cm³/mol. The van der Waals surface area contributed by atoms with Crippen molar-refractivity contribution in [3.05, 3.63) is 54.1 Å². The molecule has 0 heterocycles. The standard InChI is InChI=1S/C19H19NO5/c1-4-23-13(2)20-15-9-11-16(12-10-15)25-19(22)17-7-5-6-8-18(17)24-14(3)21/h5-12H,4H2,1-3H3. The molecule has 0 fully saturated rings. The lowest BCUT2D eigenvalue weighted by Crippen LogP contribution is -2.12. The van der Waals surface area contributed by atoms with Gasteiger partial charge >= 0.3 is 11.9 Å². The number of esters is 2. The van der Waals surface area contributed by atoms with Crippen LogP contribution in [0.4, 0.5) is 5.69 Å². The average molecular weight is 341 g/mol. The first-order valence-electron chi connectivity index (χ1n) is 7.77. The Morgan fingerprint density at radius 3 is 2.28 bits per heavy atom. The molecule has 0 radical (unpaired) electrons. The average Bonchev–Trinajstić information content (AvgIpc) is 2.57. The number of hydrogen-bond donors (Lipinski definition) is 0. The molecular formula is C19H19NO5. The van der Waals surface area contributed by atoms with Crippen LogP contribution in [0, 0.1) is 0 Å². The van der Waals surface area contributed by atoms with Gasteiger partial charge in [0.1, 0.15) is 17.1 Å². The Balaban J connectivity index is 2.11. The van der Waals surface area contributed by atoms with E-state index in [1.165, 1.54) is 19.1 Å². The molecule has 2 aromatic carbocycles. The van der Waals surface area contributed by atoms with Crippen molar-refractivity contribution in [1.82, 2.24) is 0 Å². The third-order valence-electron chi connectivity index (χ3n) is 3.05. The molecule has 0 spiro atoms. The van der Waals surface area contributed by atoms with E-state index in [0.717, 1.165) is 0 Å². The number of carbonyl (C=O) groups excluding carboxylic acids is 2. The Labute approximate surface area is 146 Å². The van der Waals surface area contributed by atoms with Gasteiger partial charge in [-0.25, -0.2) is 9.79 Å². The van der Waals surface area contributed by atoms with Gasteiger partial charge in [0.2, 0.25) is 0 Å². The zero-order chi connectivity index (χ0) is 18.2. The van der Waals surface area contributed by atoms with Crippen molar-refractivity contribution in [2.24, 2.45) is 4.99 Å². The molecule has 0 saturated carbocycles. The molecule has 0 aliphatic carbocycles. The van der Waals surface area contributed by atoms with Crippen molar-refractivity contribution in [2.45, 2.75) is 20.8 Å². The smallest absolute Gasteiger partial charge is 0.347 e. The molecular weight excluding hydrogens is 322 g/mol. The van der Waals surface area contributed by atoms with E-state index in [2.05, 4.69) is 4.99 Å². The van der Waals surface area contributed by atoms with E-state index in [1.54, 1.807) is 43.3 Å². The first kappa shape index (κ1) is 18.2. The van der Waals surface area contributed by atoms with Gasteiger partial charge in [0, 0.05) is 13.8 Å². The Hall–Kier alpha value is -3.15. The Bertz CT molecular complexity index is 781. The van der Waals surface area contributed by atoms with Crippen LogP contribution in [0.1, 0.15) is 31.1 Å². The molecule has 0 saturated heterocycles. The summed E-state index contributed by atoms with van der Waals surface area (Å²) in [6.07, 6.45) is 0. The van der Waals surface area contributed by atoms with Crippen LogP contribution in [0.5, 0.6) is 11.5 Å². The van der Waals surface area contributed by atoms with E-state index in [4.69, 9.17) is 14.2 Å². The van der Waals surface area contributed by atoms with Gasteiger partial charge in [-0.1, -0.05) is 12.1 Å². The van der Waals surface area contributed by atoms with Crippen LogP contribution in [0.3, 0.4) is 0 Å². The zero-order valence-corrected chi connectivity index (χ0v) is 14.3. The quantitative estimate of drug-likeness (QED) is 0.357. The molecule has 2 aromatic rings. The van der Waals surface area contributed by atoms with E-state index >= 15 is 0 Å². The van der Waals surface area contributed by atoms with Gasteiger partial charge in [-0.15, -0.1) is 0 Å². The predicted octanol–water partition coefficient (Wildman–Crippen LogP) is 3.92. The summed E-state index contributed by atoms with van der Waals surface area (Å²) in [6, 6.07) is 13.1. The van der Waals surface area contributed by atoms with Crippen molar-refractivity contribution >= 4 is 23.5 Å². The highest BCUT2D eigenvalue weighted by Crippen LogP contribution is 2.23. The lowest BCUT2D eigenvalue weighted by atomic mass is 10.2. The number of ether oxygens (including phenoxy) is 3. The third kappa shape index (κ3) is 5.46. The molecule has 25 heavy (non-hydrogen) atoms. The molecule has 0 amide bonds. The molecule has 0 aromatic heterocycles. The summed E-state index contributed by atoms with van der Waals surface area (Å²) in [5.74, 6) is -0.0440. The van der Waals surface area contributed by atoms with Gasteiger partial charge < -0.3 is 14.2 Å². The van der Waals surface area contributed by atoms with E-state index in [-0.39, 0.29) is 11.3 Å². The highest BCUT2D eigenvalue weighted by Gasteiger charge is 2.15. The van der Waals surface area contributed by atoms with Crippen LogP contribution in [0.2, 0.25) is 0 Å². The fraction of sp³-hybridized carbons (Fsp3) is 0.211. The number of aliphatic imine (C=N–C) groups is 1. The first-order valence-corrected chi connectivity index (χ1v) is 7.77. The monoisotopic (exact) mass is 341 g/mol. The van der Waals surface area contributed by atoms with Crippen LogP contribution in [-0.2, 0) is 9.53 Å². The number of hydrogen-bond acceptors (Lipinski definition) is 6. The van der Waals surface area contributed by atoms with Gasteiger partial charge in [0.25, 0.3) is 0 Å². The van der Waals surface area contributed by atoms with Crippen LogP contribution >= 0.6 is 0 Å². The van der Waals surface area contributed by atoms with Gasteiger partial charge in [0.05, 0.1) is 12.3 Å². The Kier molecular flexibility index (Phi) is 6.28. The summed E-state index contributed by atoms with van der Waals surface area (Å²) in [6.45, 7) is 5.47. The van der Waals surface area contributed by atoms with Gasteiger partial charge in [0.15, 0.2) is 5.90 Å². The van der Waals surface area contributed by atoms with E-state index in [9.17, 15) is 9.59 Å². The number of para-hydroxylation sites is 1. The second-order valence-electron chi connectivity index (χ2n) is 5.04. The number of carbonyl (C=O) groups is 2. The molecule has 0 aliphatic rings. The summed E-state index contributed by atoms with van der Waals surface area (Å²) in [5, 5.41) is 0. The fourth-order valence-corrected chi connectivity index (χ4v) is 2.05. The summed E-state index contributed by atoms with van der Waals surface area (Å²) >= 11 is 0. The summed E-state index contributed by atoms with van der Waals surface area (Å²) in [5.41, 5.74) is 0.859. The van der Waals surface area contributed by atoms with Crippen molar-refractivity contribution in [1.29, 1.82) is 0 Å². The molecule has 0 aliphatic heterocycles. The minimum absolute atomic E-state index is 0.161. The molecule has 0 atom stereocenters. The van der Waals surface area contributed by atoms with Gasteiger partial charge in [-0.2, -0.15) is 0 Å². The Morgan fingerprint density at radius 1 is 0.960 bits per heavy atom. The third-order valence-corrected chi connectivity index (χ3v) is 3.05. The van der Waals surface area contributed by atoms with Crippen LogP contribution in [0.25, 0.3) is 0 Å². The minimum Gasteiger partial charge on any atom is -0.481 e. The summed E-state index contributed by atoms with van der Waals surface area (Å²) in [7, 11) is 0. The maximum absolute atomic E-state index is 12.3. The second kappa shape index (κ2) is 8.63. The number of rotatable bonds is 5. The SMILES string of the molecule is CCOC(C)=Nc1ccc(OC(=O)c2ccccc2OC(C)=O)cc1. The lowest BCUT2D eigenvalue weighted by Gasteiger charge is -2.09. The number of nitrogens with zero attached hydrogens (tertiary/aromatic N) is 1. The number of benzene rings is 2. The normalized spacial score (nSPS) is 10.9. The highest BCUT2D eigenvalue weighted by atomic mass is 16.5. The van der Waals surface area contributed by atoms with Gasteiger partial charge in [-0.05, 0) is 43.3 Å². The highest BCUT2D eigenvalue weighted by molar-refractivity contribution is 5.94. The summed E-state index contributed by atoms with van der Waals surface area (Å²) in [4.78, 5) is 27.7. The van der Waals surface area contributed by atoms with Gasteiger partial charge in [-0.3, -0.25) is 4.79 Å². The van der Waals surface area contributed by atoms with Crippen LogP contribution in [0.15, 0.2) is 53.5 Å². The zero-order valence-electron chi connectivity index (χ0n) is 14.3. The van der Waals surface area contributed by atoms with Crippen molar-refractivity contribution in [3.8, 4) is 11.5 Å². The Morgan fingerprint density at radius 2 is 1.64 bits per heavy atom. The van der Waals surface area contributed by atoms with Crippen molar-refractivity contribution in [3.63, 3.8) is 0 Å². The molecule has 0 bridgehead atoms. The van der Waals surface area contributed by atoms with Crippen molar-refractivity contribution < 1.29 is 23.8 Å². The van der Waals surface area contributed by atoms with Crippen LogP contribution in [-0.4, -0.2) is 24.4 Å². The molecule has 130 valence electrons. The van der Waals surface area contributed by atoms with Crippen LogP contribution < -0.4 is 9.47 Å². The summed E-state index contributed by atoms with van der Waals surface area (Å²) < 4.78 is 15.6. The molecule has 0 unspecified atom stereocenters. The maximum Gasteiger partial charge on any atom is 0.347 e. The first-order chi connectivity index (χ1) is 12.0. The van der Waals surface area contributed by atoms with E-state index in [0.29, 0.717) is 23.9 Å². The topological polar surface area (TPSA) is 74.2 Å². The van der Waals surface area contributed by atoms with Crippen molar-refractivity contribution in [2.75, 3.05) is 6.61 Å². The van der Waals surface area contributed by atoms with E-state index < -0.39 is 11.9 Å². The lowest BCUT2D eigenvalue weighted by molar-refractivity contribution is -0.131. The second-order valence-corrected chi connectivity index (χ2v) is 5.04. The molecule has 0 N–H and O–H groups in total. The molecule has 6 heteroatoms. The molecule has 6 nitrogen and oxygen atoms in total. The maximum atomic E-state index is 12.3. The minimum atomic E-state index is -0.612. The fourth-order valence-electron chi connectivity index (χ4n) is 2.05. The van der Waals surface area contributed by atoms with E-state index in [1.807, 2.05) is 6.92 Å².